The Morgan fingerprint density at radius 2 is 1.37 bits per heavy atom. The number of urea groups is 1. The van der Waals surface area contributed by atoms with Gasteiger partial charge in [-0.3, -0.25) is 4.79 Å². The lowest BCUT2D eigenvalue weighted by Crippen LogP contribution is -2.20. The number of ether oxygens (including phenoxy) is 2. The molecule has 1 aliphatic rings. The molecule has 5 rings (SSSR count). The van der Waals surface area contributed by atoms with Crippen LogP contribution < -0.4 is 15.4 Å². The highest BCUT2D eigenvalue weighted by Gasteiger charge is 2.22. The minimum absolute atomic E-state index is 0.121. The molecule has 0 unspecified atom stereocenters. The largest absolute Gasteiger partial charge is 0.480 e. The predicted octanol–water partition coefficient (Wildman–Crippen LogP) is 6.41. The van der Waals surface area contributed by atoms with Crippen molar-refractivity contribution in [3.05, 3.63) is 125 Å². The monoisotopic (exact) mass is 506 g/mol. The average Bonchev–Trinajstić information content (AvgIpc) is 3.32. The van der Waals surface area contributed by atoms with Gasteiger partial charge in [-0.2, -0.15) is 0 Å². The summed E-state index contributed by atoms with van der Waals surface area (Å²) < 4.78 is 11.4. The van der Waals surface area contributed by atoms with E-state index in [9.17, 15) is 14.4 Å². The van der Waals surface area contributed by atoms with Crippen LogP contribution in [0.5, 0.6) is 5.75 Å². The molecule has 0 spiro atoms. The number of ketones is 1. The van der Waals surface area contributed by atoms with Gasteiger partial charge in [-0.05, 0) is 59.5 Å². The molecule has 2 N–H and O–H groups in total. The second-order valence-electron chi connectivity index (χ2n) is 8.90. The number of benzene rings is 4. The molecule has 0 saturated carbocycles. The Morgan fingerprint density at radius 1 is 0.763 bits per heavy atom. The number of hydrogen-bond acceptors (Lipinski definition) is 5. The minimum atomic E-state index is -0.591. The zero-order chi connectivity index (χ0) is 26.5. The summed E-state index contributed by atoms with van der Waals surface area (Å²) in [5, 5.41) is 5.53. The van der Waals surface area contributed by atoms with E-state index in [2.05, 4.69) is 10.6 Å². The van der Waals surface area contributed by atoms with Gasteiger partial charge in [0.2, 0.25) is 0 Å². The van der Waals surface area contributed by atoms with Gasteiger partial charge in [-0.1, -0.05) is 60.7 Å². The van der Waals surface area contributed by atoms with E-state index in [1.165, 1.54) is 13.2 Å². The Bertz CT molecular complexity index is 1450. The molecule has 1 aliphatic carbocycles. The molecule has 4 aromatic carbocycles. The Balaban J connectivity index is 1.37. The fourth-order valence-corrected chi connectivity index (χ4v) is 4.52. The minimum Gasteiger partial charge on any atom is -0.480 e. The number of methoxy groups -OCH3 is 1. The number of anilines is 2. The molecule has 0 fully saturated rings. The number of carbonyl (C=O) groups is 3. The Labute approximate surface area is 220 Å². The van der Waals surface area contributed by atoms with E-state index in [0.717, 1.165) is 16.7 Å². The second kappa shape index (κ2) is 11.0. The molecule has 2 amide bonds. The van der Waals surface area contributed by atoms with Crippen molar-refractivity contribution >= 4 is 29.2 Å². The molecule has 0 atom stereocenters. The summed E-state index contributed by atoms with van der Waals surface area (Å²) in [6, 6.07) is 29.0. The van der Waals surface area contributed by atoms with Crippen LogP contribution in [0, 0.1) is 0 Å². The molecular weight excluding hydrogens is 480 g/mol. The SMILES string of the molecule is COC(=O)c1cc(NC(=O)Nc2ccc3c(c2)CCC3=O)ccc1OC(c1ccccc1)c1ccccc1. The molecule has 38 heavy (non-hydrogen) atoms. The summed E-state index contributed by atoms with van der Waals surface area (Å²) in [4.78, 5) is 37.2. The fraction of sp³-hybridized carbons (Fsp3) is 0.129. The van der Waals surface area contributed by atoms with Crippen LogP contribution in [-0.2, 0) is 11.2 Å². The first-order valence-electron chi connectivity index (χ1n) is 12.2. The third kappa shape index (κ3) is 5.42. The summed E-state index contributed by atoms with van der Waals surface area (Å²) in [6.45, 7) is 0. The van der Waals surface area contributed by atoms with Crippen LogP contribution in [0.2, 0.25) is 0 Å². The third-order valence-electron chi connectivity index (χ3n) is 6.38. The van der Waals surface area contributed by atoms with Crippen molar-refractivity contribution in [3.8, 4) is 5.75 Å². The van der Waals surface area contributed by atoms with Gasteiger partial charge in [0, 0.05) is 23.4 Å². The van der Waals surface area contributed by atoms with Gasteiger partial charge < -0.3 is 20.1 Å². The standard InChI is InChI=1S/C31H26N2O5/c1-37-30(35)26-19-24(33-31(36)32-23-13-15-25-22(18-23)12-16-27(25)34)14-17-28(26)38-29(20-8-4-2-5-9-20)21-10-6-3-7-11-21/h2-11,13-15,17-19,29H,12,16H2,1H3,(H2,32,33,36). The van der Waals surface area contributed by atoms with Gasteiger partial charge in [-0.15, -0.1) is 0 Å². The summed E-state index contributed by atoms with van der Waals surface area (Å²) in [5.41, 5.74) is 4.63. The van der Waals surface area contributed by atoms with Crippen molar-refractivity contribution in [2.24, 2.45) is 0 Å². The van der Waals surface area contributed by atoms with Gasteiger partial charge in [0.15, 0.2) is 5.78 Å². The number of amides is 2. The maximum atomic E-state index is 12.7. The fourth-order valence-electron chi connectivity index (χ4n) is 4.52. The molecule has 0 saturated heterocycles. The average molecular weight is 507 g/mol. The third-order valence-corrected chi connectivity index (χ3v) is 6.38. The zero-order valence-corrected chi connectivity index (χ0v) is 20.8. The van der Waals surface area contributed by atoms with Crippen molar-refractivity contribution < 1.29 is 23.9 Å². The number of carbonyl (C=O) groups excluding carboxylic acids is 3. The molecule has 7 nitrogen and oxygen atoms in total. The summed E-state index contributed by atoms with van der Waals surface area (Å²) in [5.74, 6) is -0.147. The van der Waals surface area contributed by atoms with E-state index in [4.69, 9.17) is 9.47 Å². The second-order valence-corrected chi connectivity index (χ2v) is 8.90. The maximum Gasteiger partial charge on any atom is 0.341 e. The van der Waals surface area contributed by atoms with Gasteiger partial charge >= 0.3 is 12.0 Å². The van der Waals surface area contributed by atoms with Crippen LogP contribution >= 0.6 is 0 Å². The van der Waals surface area contributed by atoms with Crippen LogP contribution in [0.4, 0.5) is 16.2 Å². The topological polar surface area (TPSA) is 93.7 Å². The number of esters is 1. The smallest absolute Gasteiger partial charge is 0.341 e. The molecule has 190 valence electrons. The van der Waals surface area contributed by atoms with Crippen molar-refractivity contribution in [1.29, 1.82) is 0 Å². The summed E-state index contributed by atoms with van der Waals surface area (Å²) in [7, 11) is 1.30. The van der Waals surface area contributed by atoms with Crippen LogP contribution in [0.25, 0.3) is 0 Å². The van der Waals surface area contributed by atoms with Gasteiger partial charge in [0.05, 0.1) is 7.11 Å². The normalized spacial score (nSPS) is 12.1. The molecule has 0 aromatic heterocycles. The maximum absolute atomic E-state index is 12.7. The van der Waals surface area contributed by atoms with E-state index in [0.29, 0.717) is 35.5 Å². The van der Waals surface area contributed by atoms with E-state index in [1.807, 2.05) is 66.7 Å². The van der Waals surface area contributed by atoms with E-state index in [-0.39, 0.29) is 11.3 Å². The lowest BCUT2D eigenvalue weighted by Gasteiger charge is -2.22. The lowest BCUT2D eigenvalue weighted by atomic mass is 10.0. The molecule has 4 aromatic rings. The number of fused-ring (bicyclic) bond motifs is 1. The zero-order valence-electron chi connectivity index (χ0n) is 20.8. The number of Topliss-reactive ketones (excluding diaryl/α,β-unsaturated/α-hetero) is 1. The van der Waals surface area contributed by atoms with Crippen LogP contribution in [0.15, 0.2) is 97.1 Å². The summed E-state index contributed by atoms with van der Waals surface area (Å²) in [6.07, 6.45) is 0.697. The Kier molecular flexibility index (Phi) is 7.17. The van der Waals surface area contributed by atoms with E-state index in [1.54, 1.807) is 24.3 Å². The van der Waals surface area contributed by atoms with Crippen molar-refractivity contribution in [2.75, 3.05) is 17.7 Å². The number of hydrogen-bond donors (Lipinski definition) is 2. The van der Waals surface area contributed by atoms with Gasteiger partial charge in [0.1, 0.15) is 17.4 Å². The van der Waals surface area contributed by atoms with Crippen LogP contribution in [-0.4, -0.2) is 24.9 Å². The molecule has 7 heteroatoms. The van der Waals surface area contributed by atoms with Crippen molar-refractivity contribution in [3.63, 3.8) is 0 Å². The van der Waals surface area contributed by atoms with Crippen LogP contribution in [0.1, 0.15) is 49.9 Å². The first kappa shape index (κ1) is 24.8. The molecular formula is C31H26N2O5. The van der Waals surface area contributed by atoms with E-state index >= 15 is 0 Å². The van der Waals surface area contributed by atoms with Crippen molar-refractivity contribution in [2.45, 2.75) is 18.9 Å². The molecule has 0 aliphatic heterocycles. The van der Waals surface area contributed by atoms with E-state index < -0.39 is 18.1 Å². The quantitative estimate of drug-likeness (QED) is 0.282. The molecule has 0 bridgehead atoms. The highest BCUT2D eigenvalue weighted by atomic mass is 16.5. The number of nitrogens with one attached hydrogen (secondary N) is 2. The van der Waals surface area contributed by atoms with Crippen molar-refractivity contribution in [1.82, 2.24) is 0 Å². The first-order valence-corrected chi connectivity index (χ1v) is 12.2. The van der Waals surface area contributed by atoms with Gasteiger partial charge in [-0.25, -0.2) is 9.59 Å². The van der Waals surface area contributed by atoms with Crippen LogP contribution in [0.3, 0.4) is 0 Å². The number of aryl methyl sites for hydroxylation is 1. The molecule has 0 heterocycles. The predicted molar refractivity (Wildman–Crippen MR) is 145 cm³/mol. The number of rotatable bonds is 7. The Morgan fingerprint density at radius 3 is 2.00 bits per heavy atom. The Hall–Kier alpha value is -4.91. The first-order chi connectivity index (χ1) is 18.5. The lowest BCUT2D eigenvalue weighted by molar-refractivity contribution is 0.0594. The highest BCUT2D eigenvalue weighted by Crippen LogP contribution is 2.32. The highest BCUT2D eigenvalue weighted by molar-refractivity contribution is 6.03. The summed E-state index contributed by atoms with van der Waals surface area (Å²) >= 11 is 0. The van der Waals surface area contributed by atoms with Gasteiger partial charge in [0.25, 0.3) is 0 Å². The molecule has 0 radical (unpaired) electrons.